The van der Waals surface area contributed by atoms with E-state index in [-0.39, 0.29) is 18.4 Å². The molecule has 1 saturated carbocycles. The first-order chi connectivity index (χ1) is 13.3. The van der Waals surface area contributed by atoms with Crippen LogP contribution in [0.25, 0.3) is 0 Å². The number of ether oxygens (including phenoxy) is 3. The van der Waals surface area contributed by atoms with E-state index in [4.69, 9.17) is 14.2 Å². The fourth-order valence-electron chi connectivity index (χ4n) is 4.12. The van der Waals surface area contributed by atoms with Crippen LogP contribution in [0.3, 0.4) is 0 Å². The monoisotopic (exact) mass is 374 g/mol. The van der Waals surface area contributed by atoms with E-state index in [1.165, 1.54) is 12.0 Å². The van der Waals surface area contributed by atoms with Gasteiger partial charge < -0.3 is 14.2 Å². The van der Waals surface area contributed by atoms with Crippen LogP contribution >= 0.6 is 0 Å². The summed E-state index contributed by atoms with van der Waals surface area (Å²) in [5.74, 6) is 1.12. The fourth-order valence-corrected chi connectivity index (χ4v) is 4.12. The van der Waals surface area contributed by atoms with Crippen molar-refractivity contribution in [3.8, 4) is 5.75 Å². The molecule has 1 aliphatic carbocycles. The van der Waals surface area contributed by atoms with Gasteiger partial charge in [0.2, 0.25) is 0 Å². The highest BCUT2D eigenvalue weighted by molar-refractivity contribution is 5.69. The molecule has 0 spiro atoms. The second-order valence-corrected chi connectivity index (χ2v) is 7.86. The fraction of sp³-hybridized carbons (Fsp3) is 0.696. The van der Waals surface area contributed by atoms with Crippen LogP contribution in [-0.2, 0) is 14.3 Å². The summed E-state index contributed by atoms with van der Waals surface area (Å²) in [5, 5.41) is 0. The summed E-state index contributed by atoms with van der Waals surface area (Å²) in [6, 6.07) is 8.32. The first kappa shape index (κ1) is 20.2. The lowest BCUT2D eigenvalue weighted by atomic mass is 9.81. The van der Waals surface area contributed by atoms with E-state index in [1.54, 1.807) is 0 Å². The summed E-state index contributed by atoms with van der Waals surface area (Å²) in [6.45, 7) is 2.94. The van der Waals surface area contributed by atoms with Crippen LogP contribution in [0.2, 0.25) is 0 Å². The van der Waals surface area contributed by atoms with Crippen molar-refractivity contribution in [1.29, 1.82) is 0 Å². The molecular formula is C23H34O4. The number of unbranched alkanes of at least 4 members (excludes halogenated alkanes) is 2. The minimum atomic E-state index is -0.115. The number of carbonyl (C=O) groups is 1. The van der Waals surface area contributed by atoms with Crippen LogP contribution in [-0.4, -0.2) is 25.0 Å². The Morgan fingerprint density at radius 1 is 1.04 bits per heavy atom. The van der Waals surface area contributed by atoms with E-state index in [0.717, 1.165) is 70.1 Å². The van der Waals surface area contributed by atoms with Crippen molar-refractivity contribution in [2.75, 3.05) is 6.61 Å². The quantitative estimate of drug-likeness (QED) is 0.430. The predicted molar refractivity (Wildman–Crippen MR) is 106 cm³/mol. The van der Waals surface area contributed by atoms with Crippen molar-refractivity contribution < 1.29 is 19.0 Å². The van der Waals surface area contributed by atoms with Crippen LogP contribution in [0.15, 0.2) is 24.3 Å². The van der Waals surface area contributed by atoms with E-state index in [2.05, 4.69) is 19.1 Å². The molecule has 1 saturated heterocycles. The van der Waals surface area contributed by atoms with Crippen molar-refractivity contribution in [2.45, 2.75) is 95.9 Å². The van der Waals surface area contributed by atoms with Crippen molar-refractivity contribution in [1.82, 2.24) is 0 Å². The predicted octanol–water partition coefficient (Wildman–Crippen LogP) is 5.74. The molecule has 150 valence electrons. The van der Waals surface area contributed by atoms with E-state index in [1.807, 2.05) is 12.1 Å². The molecule has 4 heteroatoms. The lowest BCUT2D eigenvalue weighted by Crippen LogP contribution is -2.28. The number of rotatable bonds is 8. The maximum atomic E-state index is 12.2. The minimum Gasteiger partial charge on any atom is -0.465 e. The number of carbonyl (C=O) groups excluding carboxylic acids is 1. The standard InChI is InChI=1S/C23H34O4/c1-2-3-4-11-22(24)27-21-10-6-5-9-20(21)18-13-15-19(16-14-18)26-23-12-7-8-17-25-23/h13-16,20-21,23H,2-12,17H2,1H3/t20-,21+,23?/m0/s1. The molecule has 2 fully saturated rings. The average molecular weight is 375 g/mol. The van der Waals surface area contributed by atoms with Crippen molar-refractivity contribution >= 4 is 5.97 Å². The van der Waals surface area contributed by atoms with Gasteiger partial charge in [0.05, 0.1) is 6.61 Å². The Bertz CT molecular complexity index is 562. The molecule has 0 bridgehead atoms. The zero-order valence-corrected chi connectivity index (χ0v) is 16.7. The van der Waals surface area contributed by atoms with Crippen molar-refractivity contribution in [2.24, 2.45) is 0 Å². The zero-order chi connectivity index (χ0) is 18.9. The Kier molecular flexibility index (Phi) is 8.00. The normalized spacial score (nSPS) is 25.7. The highest BCUT2D eigenvalue weighted by Crippen LogP contribution is 2.36. The van der Waals surface area contributed by atoms with E-state index < -0.39 is 0 Å². The molecule has 4 nitrogen and oxygen atoms in total. The van der Waals surface area contributed by atoms with Gasteiger partial charge in [0.15, 0.2) is 6.29 Å². The molecule has 3 atom stereocenters. The third-order valence-electron chi connectivity index (χ3n) is 5.68. The van der Waals surface area contributed by atoms with Gasteiger partial charge in [0.1, 0.15) is 11.9 Å². The smallest absolute Gasteiger partial charge is 0.306 e. The Morgan fingerprint density at radius 3 is 2.56 bits per heavy atom. The molecule has 1 heterocycles. The second kappa shape index (κ2) is 10.7. The van der Waals surface area contributed by atoms with Crippen LogP contribution in [0.4, 0.5) is 0 Å². The molecule has 0 N–H and O–H groups in total. The molecular weight excluding hydrogens is 340 g/mol. The second-order valence-electron chi connectivity index (χ2n) is 7.86. The van der Waals surface area contributed by atoms with Crippen LogP contribution in [0.1, 0.15) is 89.0 Å². The summed E-state index contributed by atoms with van der Waals surface area (Å²) in [5.41, 5.74) is 1.25. The highest BCUT2D eigenvalue weighted by atomic mass is 16.7. The molecule has 1 aromatic rings. The van der Waals surface area contributed by atoms with Gasteiger partial charge in [-0.05, 0) is 56.2 Å². The first-order valence-corrected chi connectivity index (χ1v) is 10.8. The molecule has 0 aromatic heterocycles. The highest BCUT2D eigenvalue weighted by Gasteiger charge is 2.29. The largest absolute Gasteiger partial charge is 0.465 e. The van der Waals surface area contributed by atoms with E-state index >= 15 is 0 Å². The van der Waals surface area contributed by atoms with Crippen LogP contribution in [0, 0.1) is 0 Å². The van der Waals surface area contributed by atoms with Gasteiger partial charge in [-0.25, -0.2) is 0 Å². The summed E-state index contributed by atoms with van der Waals surface area (Å²) in [7, 11) is 0. The van der Waals surface area contributed by atoms with Crippen molar-refractivity contribution in [3.05, 3.63) is 29.8 Å². The third-order valence-corrected chi connectivity index (χ3v) is 5.68. The molecule has 1 aliphatic heterocycles. The summed E-state index contributed by atoms with van der Waals surface area (Å²) in [6.07, 6.45) is 11.2. The van der Waals surface area contributed by atoms with Crippen molar-refractivity contribution in [3.63, 3.8) is 0 Å². The Balaban J connectivity index is 1.56. The Labute approximate surface area is 163 Å². The molecule has 0 amide bonds. The van der Waals surface area contributed by atoms with Gasteiger partial charge in [-0.2, -0.15) is 0 Å². The SMILES string of the molecule is CCCCCC(=O)O[C@@H]1CCCC[C@H]1c1ccc(OC2CCCCO2)cc1. The van der Waals surface area contributed by atoms with Gasteiger partial charge in [-0.1, -0.05) is 38.3 Å². The summed E-state index contributed by atoms with van der Waals surface area (Å²) in [4.78, 5) is 12.2. The lowest BCUT2D eigenvalue weighted by Gasteiger charge is -2.31. The van der Waals surface area contributed by atoms with Crippen LogP contribution < -0.4 is 4.74 Å². The number of esters is 1. The molecule has 3 rings (SSSR count). The first-order valence-electron chi connectivity index (χ1n) is 10.8. The van der Waals surface area contributed by atoms with Gasteiger partial charge in [0.25, 0.3) is 0 Å². The molecule has 1 aromatic carbocycles. The number of hydrogen-bond donors (Lipinski definition) is 0. The molecule has 0 radical (unpaired) electrons. The summed E-state index contributed by atoms with van der Waals surface area (Å²) >= 11 is 0. The topological polar surface area (TPSA) is 44.8 Å². The number of hydrogen-bond acceptors (Lipinski definition) is 4. The van der Waals surface area contributed by atoms with Gasteiger partial charge in [-0.3, -0.25) is 4.79 Å². The third kappa shape index (κ3) is 6.24. The van der Waals surface area contributed by atoms with E-state index in [0.29, 0.717) is 12.3 Å². The van der Waals surface area contributed by atoms with E-state index in [9.17, 15) is 4.79 Å². The maximum absolute atomic E-state index is 12.2. The zero-order valence-electron chi connectivity index (χ0n) is 16.7. The van der Waals surface area contributed by atoms with Gasteiger partial charge in [-0.15, -0.1) is 0 Å². The Morgan fingerprint density at radius 2 is 1.81 bits per heavy atom. The van der Waals surface area contributed by atoms with Gasteiger partial charge >= 0.3 is 5.97 Å². The summed E-state index contributed by atoms with van der Waals surface area (Å²) < 4.78 is 17.5. The molecule has 1 unspecified atom stereocenters. The van der Waals surface area contributed by atoms with Gasteiger partial charge in [0, 0.05) is 18.8 Å². The van der Waals surface area contributed by atoms with Crippen LogP contribution in [0.5, 0.6) is 5.75 Å². The molecule has 2 aliphatic rings. The lowest BCUT2D eigenvalue weighted by molar-refractivity contribution is -0.151. The average Bonchev–Trinajstić information content (AvgIpc) is 2.70. The number of benzene rings is 1. The minimum absolute atomic E-state index is 0.0151. The maximum Gasteiger partial charge on any atom is 0.306 e. The molecule has 27 heavy (non-hydrogen) atoms. The Hall–Kier alpha value is -1.55.